The van der Waals surface area contributed by atoms with Crippen LogP contribution < -0.4 is 0 Å². The van der Waals surface area contributed by atoms with E-state index < -0.39 is 17.3 Å². The average molecular weight is 246 g/mol. The van der Waals surface area contributed by atoms with Crippen LogP contribution in [0.15, 0.2) is 42.5 Å². The summed E-state index contributed by atoms with van der Waals surface area (Å²) >= 11 is 0. The molecule has 6 nitrogen and oxygen atoms in total. The van der Waals surface area contributed by atoms with E-state index in [4.69, 9.17) is 0 Å². The third-order valence-corrected chi connectivity index (χ3v) is 2.49. The molecule has 0 amide bonds. The molecule has 0 spiro atoms. The molecule has 0 aliphatic rings. The molecule has 2 rings (SSSR count). The Hall–Kier alpha value is -2.63. The molecule has 0 aliphatic heterocycles. The van der Waals surface area contributed by atoms with Gasteiger partial charge >= 0.3 is 12.4 Å². The van der Waals surface area contributed by atoms with Crippen molar-refractivity contribution in [3.63, 3.8) is 0 Å². The van der Waals surface area contributed by atoms with Crippen LogP contribution >= 0.6 is 0 Å². The van der Waals surface area contributed by atoms with Gasteiger partial charge in [0.2, 0.25) is 0 Å². The number of carbonyl (C=O) groups excluding carboxylic acids is 1. The topological polar surface area (TPSA) is 89.3 Å². The van der Waals surface area contributed by atoms with Gasteiger partial charge < -0.3 is 4.74 Å². The van der Waals surface area contributed by atoms with Crippen LogP contribution in [0.4, 0.5) is 4.79 Å². The highest BCUT2D eigenvalue weighted by atomic mass is 16.7. The molecule has 0 bridgehead atoms. The fourth-order valence-electron chi connectivity index (χ4n) is 1.78. The lowest BCUT2D eigenvalue weighted by Crippen LogP contribution is -2.17. The predicted molar refractivity (Wildman–Crippen MR) is 60.9 cm³/mol. The Morgan fingerprint density at radius 3 is 2.50 bits per heavy atom. The Morgan fingerprint density at radius 1 is 1.17 bits per heavy atom. The Morgan fingerprint density at radius 2 is 1.83 bits per heavy atom. The molecule has 2 aromatic rings. The van der Waals surface area contributed by atoms with E-state index in [-0.39, 0.29) is 5.56 Å². The van der Waals surface area contributed by atoms with Gasteiger partial charge in [-0.1, -0.05) is 36.4 Å². The Bertz CT molecular complexity index is 605. The van der Waals surface area contributed by atoms with Crippen molar-refractivity contribution in [2.45, 2.75) is 6.23 Å². The second-order valence-electron chi connectivity index (χ2n) is 3.57. The number of fused-ring (bicyclic) bond motifs is 1. The Balaban J connectivity index is 2.57. The second-order valence-corrected chi connectivity index (χ2v) is 3.57. The number of hydrogen-bond donors (Lipinski definition) is 0. The van der Waals surface area contributed by atoms with E-state index in [0.29, 0.717) is 5.39 Å². The van der Waals surface area contributed by atoms with Crippen LogP contribution in [-0.4, -0.2) is 11.1 Å². The van der Waals surface area contributed by atoms with Crippen LogP contribution in [0, 0.1) is 10.1 Å². The monoisotopic (exact) mass is 246 g/mol. The molecule has 0 aromatic heterocycles. The largest absolute Gasteiger partial charge is 0.555 e. The van der Waals surface area contributed by atoms with Crippen LogP contribution in [0.25, 0.3) is 10.8 Å². The maximum atomic E-state index is 10.9. The molecule has 2 aromatic carbocycles. The number of carbonyl (C=O) groups is 1. The number of nitro groups is 1. The fraction of sp³-hybridized carbons (Fsp3) is 0.0833. The first-order valence-electron chi connectivity index (χ1n) is 5.08. The first kappa shape index (κ1) is 11.8. The van der Waals surface area contributed by atoms with Crippen LogP contribution in [-0.2, 0) is 9.84 Å². The van der Waals surface area contributed by atoms with Crippen molar-refractivity contribution in [1.29, 1.82) is 0 Å². The van der Waals surface area contributed by atoms with Gasteiger partial charge in [-0.2, -0.15) is 9.90 Å². The van der Waals surface area contributed by atoms with E-state index in [0.717, 1.165) is 5.39 Å². The van der Waals surface area contributed by atoms with Gasteiger partial charge in [-0.25, -0.2) is 0 Å². The summed E-state index contributed by atoms with van der Waals surface area (Å²) in [6, 6.07) is 11.8. The number of rotatable bonds is 3. The lowest BCUT2D eigenvalue weighted by Gasteiger charge is -2.10. The highest BCUT2D eigenvalue weighted by Crippen LogP contribution is 2.27. The summed E-state index contributed by atoms with van der Waals surface area (Å²) in [7, 11) is 0. The van der Waals surface area contributed by atoms with Gasteiger partial charge in [-0.3, -0.25) is 10.1 Å². The molecule has 18 heavy (non-hydrogen) atoms. The lowest BCUT2D eigenvalue weighted by molar-refractivity contribution is -0.575. The van der Waals surface area contributed by atoms with Crippen LogP contribution in [0.1, 0.15) is 11.8 Å². The number of nitrogens with zero attached hydrogens (tertiary/aromatic N) is 1. The fourth-order valence-corrected chi connectivity index (χ4v) is 1.78. The minimum atomic E-state index is -1.93. The van der Waals surface area contributed by atoms with Gasteiger partial charge in [0.15, 0.2) is 0 Å². The molecule has 0 saturated heterocycles. The van der Waals surface area contributed by atoms with E-state index in [9.17, 15) is 20.0 Å². The zero-order chi connectivity index (χ0) is 13.1. The van der Waals surface area contributed by atoms with E-state index in [1.165, 1.54) is 6.07 Å². The van der Waals surface area contributed by atoms with E-state index in [1.54, 1.807) is 36.4 Å². The molecular formula is C12H8NO5. The van der Waals surface area contributed by atoms with E-state index in [1.807, 2.05) is 0 Å². The van der Waals surface area contributed by atoms with Gasteiger partial charge in [0.05, 0.1) is 10.5 Å². The quantitative estimate of drug-likeness (QED) is 0.360. The molecule has 0 heterocycles. The predicted octanol–water partition coefficient (Wildman–Crippen LogP) is 2.68. The maximum Gasteiger partial charge on any atom is 0.555 e. The summed E-state index contributed by atoms with van der Waals surface area (Å²) in [5.74, 6) is 0. The molecule has 91 valence electrons. The normalized spacial score (nSPS) is 12.0. The van der Waals surface area contributed by atoms with Crippen LogP contribution in [0.2, 0.25) is 0 Å². The molecule has 0 fully saturated rings. The van der Waals surface area contributed by atoms with Gasteiger partial charge in [-0.15, -0.1) is 0 Å². The third kappa shape index (κ3) is 2.22. The van der Waals surface area contributed by atoms with Crippen molar-refractivity contribution in [2.24, 2.45) is 0 Å². The van der Waals surface area contributed by atoms with Crippen molar-refractivity contribution in [1.82, 2.24) is 0 Å². The summed E-state index contributed by atoms with van der Waals surface area (Å²) in [4.78, 5) is 20.4. The summed E-state index contributed by atoms with van der Waals surface area (Å²) in [5, 5.41) is 22.6. The minimum absolute atomic E-state index is 0.183. The van der Waals surface area contributed by atoms with Gasteiger partial charge in [0.1, 0.15) is 0 Å². The molecular weight excluding hydrogens is 238 g/mol. The molecule has 0 saturated carbocycles. The van der Waals surface area contributed by atoms with Crippen molar-refractivity contribution in [2.75, 3.05) is 0 Å². The molecule has 0 N–H and O–H groups in total. The molecule has 1 radical (unpaired) electrons. The first-order chi connectivity index (χ1) is 8.59. The Labute approximate surface area is 102 Å². The highest BCUT2D eigenvalue weighted by Gasteiger charge is 2.29. The van der Waals surface area contributed by atoms with Gasteiger partial charge in [0, 0.05) is 0 Å². The first-order valence-corrected chi connectivity index (χ1v) is 5.08. The van der Waals surface area contributed by atoms with E-state index >= 15 is 0 Å². The number of ether oxygens (including phenoxy) is 1. The summed E-state index contributed by atoms with van der Waals surface area (Å²) < 4.78 is 4.21. The van der Waals surface area contributed by atoms with Crippen LogP contribution in [0.3, 0.4) is 0 Å². The van der Waals surface area contributed by atoms with Gasteiger partial charge in [0.25, 0.3) is 0 Å². The zero-order valence-electron chi connectivity index (χ0n) is 9.11. The van der Waals surface area contributed by atoms with Crippen molar-refractivity contribution in [3.05, 3.63) is 58.1 Å². The second kappa shape index (κ2) is 4.70. The average Bonchev–Trinajstić information content (AvgIpc) is 2.35. The molecule has 1 atom stereocenters. The van der Waals surface area contributed by atoms with Gasteiger partial charge in [-0.05, 0) is 16.8 Å². The minimum Gasteiger partial charge on any atom is -0.359 e. The van der Waals surface area contributed by atoms with E-state index in [2.05, 4.69) is 4.74 Å². The lowest BCUT2D eigenvalue weighted by atomic mass is 10.0. The highest BCUT2D eigenvalue weighted by molar-refractivity contribution is 5.85. The summed E-state index contributed by atoms with van der Waals surface area (Å²) in [5.41, 5.74) is 0.183. The van der Waals surface area contributed by atoms with Crippen molar-refractivity contribution < 1.29 is 19.6 Å². The number of benzene rings is 2. The smallest absolute Gasteiger partial charge is 0.359 e. The standard InChI is InChI=1S/C12H8NO5/c14-12(15)18-11(13(16)17)10-7-3-5-8-4-1-2-6-9(8)10/h1-7,11H. The molecule has 1 unspecified atom stereocenters. The summed E-state index contributed by atoms with van der Waals surface area (Å²) in [6.07, 6.45) is -3.70. The summed E-state index contributed by atoms with van der Waals surface area (Å²) in [6.45, 7) is 0. The third-order valence-electron chi connectivity index (χ3n) is 2.49. The Kier molecular flexibility index (Phi) is 3.09. The van der Waals surface area contributed by atoms with Crippen LogP contribution in [0.5, 0.6) is 0 Å². The zero-order valence-corrected chi connectivity index (χ0v) is 9.11. The number of hydrogen-bond acceptors (Lipinski definition) is 4. The SMILES string of the molecule is [O]C(=O)OC(c1cccc2ccccc12)[N+](=O)[O-]. The molecule has 6 heteroatoms. The van der Waals surface area contributed by atoms with Crippen molar-refractivity contribution >= 4 is 16.9 Å². The van der Waals surface area contributed by atoms with Crippen molar-refractivity contribution in [3.8, 4) is 0 Å². The molecule has 0 aliphatic carbocycles. The maximum absolute atomic E-state index is 10.9.